The van der Waals surface area contributed by atoms with E-state index >= 15 is 0 Å². The lowest BCUT2D eigenvalue weighted by molar-refractivity contribution is -0.384. The first-order valence-electron chi connectivity index (χ1n) is 10.0. The number of nitrogens with one attached hydrogen (secondary N) is 1. The largest absolute Gasteiger partial charge is 0.480 e. The minimum absolute atomic E-state index is 0.0552. The van der Waals surface area contributed by atoms with Crippen LogP contribution in [0.2, 0.25) is 5.02 Å². The van der Waals surface area contributed by atoms with Crippen LogP contribution in [0.3, 0.4) is 0 Å². The molecule has 3 rings (SSSR count). The lowest BCUT2D eigenvalue weighted by atomic mass is 10.1. The van der Waals surface area contributed by atoms with Gasteiger partial charge in [0, 0.05) is 23.7 Å². The van der Waals surface area contributed by atoms with Gasteiger partial charge >= 0.3 is 5.97 Å². The maximum Gasteiger partial charge on any atom is 0.362 e. The number of hydrogen-bond acceptors (Lipinski definition) is 7. The molecule has 0 aliphatic heterocycles. The van der Waals surface area contributed by atoms with Crippen LogP contribution in [0.1, 0.15) is 23.0 Å². The van der Waals surface area contributed by atoms with Gasteiger partial charge in [0.1, 0.15) is 0 Å². The normalized spacial score (nSPS) is 10.5. The summed E-state index contributed by atoms with van der Waals surface area (Å²) in [4.78, 5) is 34.8. The summed E-state index contributed by atoms with van der Waals surface area (Å²) in [5, 5.41) is 18.4. The summed E-state index contributed by atoms with van der Waals surface area (Å²) in [6.45, 7) is 1.85. The number of halogens is 1. The van der Waals surface area contributed by atoms with Gasteiger partial charge in [-0.05, 0) is 43.2 Å². The number of carbonyl (C=O) groups excluding carboxylic acids is 2. The Kier molecular flexibility index (Phi) is 7.98. The number of nitro benzene ring substituents is 1. The summed E-state index contributed by atoms with van der Waals surface area (Å²) in [5.41, 5.74) is 1.30. The molecule has 0 unspecified atom stereocenters. The van der Waals surface area contributed by atoms with Crippen LogP contribution in [0.5, 0.6) is 5.75 Å². The van der Waals surface area contributed by atoms with Crippen molar-refractivity contribution in [1.29, 1.82) is 0 Å². The van der Waals surface area contributed by atoms with Crippen molar-refractivity contribution in [3.8, 4) is 11.4 Å². The molecule has 0 saturated heterocycles. The highest BCUT2D eigenvalue weighted by Crippen LogP contribution is 2.22. The van der Waals surface area contributed by atoms with Gasteiger partial charge in [-0.3, -0.25) is 14.9 Å². The van der Waals surface area contributed by atoms with Gasteiger partial charge in [-0.2, -0.15) is 5.10 Å². The van der Waals surface area contributed by atoms with E-state index in [4.69, 9.17) is 21.1 Å². The molecular weight excluding hydrogens is 452 g/mol. The second-order valence-electron chi connectivity index (χ2n) is 6.80. The zero-order valence-electron chi connectivity index (χ0n) is 17.7. The van der Waals surface area contributed by atoms with Crippen LogP contribution in [0.25, 0.3) is 5.69 Å². The molecule has 1 heterocycles. The molecule has 33 heavy (non-hydrogen) atoms. The third kappa shape index (κ3) is 6.53. The summed E-state index contributed by atoms with van der Waals surface area (Å²) in [6, 6.07) is 12.9. The minimum Gasteiger partial charge on any atom is -0.480 e. The Morgan fingerprint density at radius 3 is 2.48 bits per heavy atom. The van der Waals surface area contributed by atoms with Crippen molar-refractivity contribution in [3.05, 3.63) is 81.1 Å². The fourth-order valence-corrected chi connectivity index (χ4v) is 2.98. The lowest BCUT2D eigenvalue weighted by Crippen LogP contribution is -2.30. The van der Waals surface area contributed by atoms with E-state index in [1.807, 2.05) is 12.1 Å². The number of esters is 1. The Morgan fingerprint density at radius 1 is 1.15 bits per heavy atom. The highest BCUT2D eigenvalue weighted by Gasteiger charge is 2.21. The number of nitro groups is 1. The van der Waals surface area contributed by atoms with Gasteiger partial charge in [0.2, 0.25) is 5.69 Å². The first-order valence-corrected chi connectivity index (χ1v) is 10.4. The highest BCUT2D eigenvalue weighted by atomic mass is 35.5. The second-order valence-corrected chi connectivity index (χ2v) is 7.23. The van der Waals surface area contributed by atoms with Gasteiger partial charge in [0.15, 0.2) is 12.4 Å². The van der Waals surface area contributed by atoms with Crippen LogP contribution < -0.4 is 10.1 Å². The van der Waals surface area contributed by atoms with Gasteiger partial charge in [0.05, 0.1) is 23.4 Å². The SMILES string of the molecule is CCOC(=O)c1nn(-c2ccc([N+](=O)[O-])cc2)cc1OCC(=O)NCCc1ccc(Cl)cc1. The van der Waals surface area contributed by atoms with E-state index in [2.05, 4.69) is 10.4 Å². The van der Waals surface area contributed by atoms with Crippen molar-refractivity contribution in [2.75, 3.05) is 19.8 Å². The first-order chi connectivity index (χ1) is 15.9. The average molecular weight is 473 g/mol. The average Bonchev–Trinajstić information content (AvgIpc) is 3.24. The van der Waals surface area contributed by atoms with Crippen LogP contribution in [0.4, 0.5) is 5.69 Å². The monoisotopic (exact) mass is 472 g/mol. The first kappa shape index (κ1) is 23.7. The molecule has 3 aromatic rings. The number of hydrogen-bond donors (Lipinski definition) is 1. The van der Waals surface area contributed by atoms with Gasteiger partial charge in [-0.15, -0.1) is 0 Å². The molecule has 172 valence electrons. The number of nitrogens with zero attached hydrogens (tertiary/aromatic N) is 3. The molecule has 0 fully saturated rings. The summed E-state index contributed by atoms with van der Waals surface area (Å²) in [6.07, 6.45) is 2.03. The smallest absolute Gasteiger partial charge is 0.362 e. The second kappa shape index (κ2) is 11.1. The molecule has 1 amide bonds. The van der Waals surface area contributed by atoms with E-state index in [0.717, 1.165) is 5.56 Å². The summed E-state index contributed by atoms with van der Waals surface area (Å²) in [7, 11) is 0. The molecule has 0 atom stereocenters. The molecule has 0 aliphatic carbocycles. The number of ether oxygens (including phenoxy) is 2. The molecule has 0 saturated carbocycles. The molecule has 11 heteroatoms. The van der Waals surface area contributed by atoms with Gasteiger partial charge in [0.25, 0.3) is 11.6 Å². The Bertz CT molecular complexity index is 1130. The quantitative estimate of drug-likeness (QED) is 0.272. The molecule has 1 N–H and O–H groups in total. The number of benzene rings is 2. The van der Waals surface area contributed by atoms with Crippen molar-refractivity contribution in [2.45, 2.75) is 13.3 Å². The number of rotatable bonds is 10. The third-order valence-corrected chi connectivity index (χ3v) is 4.73. The van der Waals surface area contributed by atoms with Crippen molar-refractivity contribution >= 4 is 29.2 Å². The predicted octanol–water partition coefficient (Wildman–Crippen LogP) is 3.35. The van der Waals surface area contributed by atoms with Crippen molar-refractivity contribution in [1.82, 2.24) is 15.1 Å². The number of non-ortho nitro benzene ring substituents is 1. The zero-order chi connectivity index (χ0) is 23.8. The van der Waals surface area contributed by atoms with E-state index in [0.29, 0.717) is 23.7 Å². The van der Waals surface area contributed by atoms with E-state index in [-0.39, 0.29) is 36.3 Å². The Hall–Kier alpha value is -3.92. The molecule has 0 radical (unpaired) electrons. The molecule has 2 aromatic carbocycles. The third-order valence-electron chi connectivity index (χ3n) is 4.48. The summed E-state index contributed by atoms with van der Waals surface area (Å²) < 4.78 is 11.9. The summed E-state index contributed by atoms with van der Waals surface area (Å²) in [5.74, 6) is -1.03. The maximum absolute atomic E-state index is 12.3. The van der Waals surface area contributed by atoms with E-state index in [1.54, 1.807) is 19.1 Å². The van der Waals surface area contributed by atoms with Crippen molar-refractivity contribution < 1.29 is 24.0 Å². The van der Waals surface area contributed by atoms with Crippen LogP contribution in [-0.4, -0.2) is 46.3 Å². The van der Waals surface area contributed by atoms with Crippen LogP contribution in [0, 0.1) is 10.1 Å². The minimum atomic E-state index is -0.712. The Balaban J connectivity index is 1.64. The Labute approximate surface area is 194 Å². The predicted molar refractivity (Wildman–Crippen MR) is 120 cm³/mol. The fourth-order valence-electron chi connectivity index (χ4n) is 2.86. The van der Waals surface area contributed by atoms with E-state index < -0.39 is 10.9 Å². The number of aromatic nitrogens is 2. The molecular formula is C22H21ClN4O6. The standard InChI is InChI=1S/C22H21ClN4O6/c1-2-32-22(29)21-19(13-26(25-21)17-7-9-18(10-8-17)27(30)31)33-14-20(28)24-12-11-15-3-5-16(23)6-4-15/h3-10,13H,2,11-12,14H2,1H3,(H,24,28). The molecule has 10 nitrogen and oxygen atoms in total. The molecule has 0 bridgehead atoms. The topological polar surface area (TPSA) is 126 Å². The number of amides is 1. The lowest BCUT2D eigenvalue weighted by Gasteiger charge is -2.07. The van der Waals surface area contributed by atoms with Gasteiger partial charge < -0.3 is 14.8 Å². The molecule has 0 aliphatic rings. The van der Waals surface area contributed by atoms with Crippen LogP contribution in [-0.2, 0) is 16.0 Å². The van der Waals surface area contributed by atoms with E-state index in [9.17, 15) is 19.7 Å². The van der Waals surface area contributed by atoms with Crippen LogP contribution >= 0.6 is 11.6 Å². The molecule has 1 aromatic heterocycles. The van der Waals surface area contributed by atoms with Gasteiger partial charge in [-0.25, -0.2) is 9.48 Å². The van der Waals surface area contributed by atoms with Crippen molar-refractivity contribution in [3.63, 3.8) is 0 Å². The zero-order valence-corrected chi connectivity index (χ0v) is 18.4. The van der Waals surface area contributed by atoms with Crippen LogP contribution in [0.15, 0.2) is 54.7 Å². The maximum atomic E-state index is 12.3. The fraction of sp³-hybridized carbons (Fsp3) is 0.227. The molecule has 0 spiro atoms. The number of carbonyl (C=O) groups is 2. The van der Waals surface area contributed by atoms with E-state index in [1.165, 1.54) is 35.1 Å². The highest BCUT2D eigenvalue weighted by molar-refractivity contribution is 6.30. The summed E-state index contributed by atoms with van der Waals surface area (Å²) >= 11 is 5.86. The Morgan fingerprint density at radius 2 is 1.85 bits per heavy atom. The van der Waals surface area contributed by atoms with Crippen molar-refractivity contribution in [2.24, 2.45) is 0 Å². The van der Waals surface area contributed by atoms with Gasteiger partial charge in [-0.1, -0.05) is 23.7 Å².